The molecule has 27 heavy (non-hydrogen) atoms. The molecule has 1 fully saturated rings. The maximum Gasteiger partial charge on any atom is 0.303 e. The summed E-state index contributed by atoms with van der Waals surface area (Å²) in [5.41, 5.74) is 0.383. The van der Waals surface area contributed by atoms with E-state index in [0.29, 0.717) is 17.9 Å². The van der Waals surface area contributed by atoms with Crippen LogP contribution in [-0.2, 0) is 14.6 Å². The van der Waals surface area contributed by atoms with E-state index in [9.17, 15) is 18.0 Å². The molecule has 2 rings (SSSR count). The van der Waals surface area contributed by atoms with Crippen molar-refractivity contribution >= 4 is 21.7 Å². The number of benzene rings is 1. The van der Waals surface area contributed by atoms with Crippen LogP contribution < -0.4 is 5.32 Å². The first-order valence-electron chi connectivity index (χ1n) is 9.67. The van der Waals surface area contributed by atoms with Gasteiger partial charge in [0.05, 0.1) is 10.6 Å². The number of rotatable bonds is 9. The first-order chi connectivity index (χ1) is 12.8. The maximum absolute atomic E-state index is 12.6. The minimum Gasteiger partial charge on any atom is -0.481 e. The molecule has 0 saturated heterocycles. The molecule has 7 heteroatoms. The van der Waals surface area contributed by atoms with Crippen LogP contribution in [0.15, 0.2) is 29.2 Å². The second kappa shape index (κ2) is 9.88. The Bertz CT molecular complexity index is 736. The van der Waals surface area contributed by atoms with Gasteiger partial charge in [-0.3, -0.25) is 9.59 Å². The summed E-state index contributed by atoms with van der Waals surface area (Å²) in [5.74, 6) is -0.624. The Morgan fingerprint density at radius 3 is 2.33 bits per heavy atom. The summed E-state index contributed by atoms with van der Waals surface area (Å²) in [6, 6.07) is 5.72. The fourth-order valence-electron chi connectivity index (χ4n) is 3.62. The number of hydrogen-bond acceptors (Lipinski definition) is 4. The van der Waals surface area contributed by atoms with Gasteiger partial charge in [0.25, 0.3) is 5.91 Å². The zero-order chi connectivity index (χ0) is 19.9. The highest BCUT2D eigenvalue weighted by Gasteiger charge is 2.22. The normalized spacial score (nSPS) is 16.6. The lowest BCUT2D eigenvalue weighted by Crippen LogP contribution is -2.37. The van der Waals surface area contributed by atoms with Gasteiger partial charge in [0.1, 0.15) is 0 Å². The fourth-order valence-corrected chi connectivity index (χ4v) is 4.50. The Balaban J connectivity index is 2.03. The fraction of sp³-hybridized carbons (Fsp3) is 0.600. The maximum atomic E-state index is 12.6. The van der Waals surface area contributed by atoms with Crippen LogP contribution in [0, 0.1) is 5.92 Å². The third-order valence-electron chi connectivity index (χ3n) is 5.24. The standard InChI is InChI=1S/C20H29NO5S/c1-2-27(25,26)18-11-8-16(9-12-18)20(24)21-17(10-13-19(22)23)14-15-6-4-3-5-7-15/h8-9,11-12,15,17H,2-7,10,13-14H2,1H3,(H,21,24)(H,22,23). The van der Waals surface area contributed by atoms with Gasteiger partial charge in [-0.05, 0) is 43.0 Å². The molecule has 2 N–H and O–H groups in total. The highest BCUT2D eigenvalue weighted by molar-refractivity contribution is 7.91. The van der Waals surface area contributed by atoms with Gasteiger partial charge in [-0.1, -0.05) is 39.0 Å². The lowest BCUT2D eigenvalue weighted by Gasteiger charge is -2.27. The highest BCUT2D eigenvalue weighted by Crippen LogP contribution is 2.28. The van der Waals surface area contributed by atoms with Crippen LogP contribution in [-0.4, -0.2) is 37.2 Å². The third kappa shape index (κ3) is 6.65. The molecular weight excluding hydrogens is 366 g/mol. The number of carboxylic acid groups (broad SMARTS) is 1. The molecule has 0 aliphatic heterocycles. The number of carboxylic acids is 1. The zero-order valence-electron chi connectivity index (χ0n) is 15.8. The van der Waals surface area contributed by atoms with E-state index in [-0.39, 0.29) is 29.0 Å². The van der Waals surface area contributed by atoms with Crippen molar-refractivity contribution < 1.29 is 23.1 Å². The van der Waals surface area contributed by atoms with Crippen LogP contribution in [0.25, 0.3) is 0 Å². The smallest absolute Gasteiger partial charge is 0.303 e. The predicted molar refractivity (Wildman–Crippen MR) is 103 cm³/mol. The van der Waals surface area contributed by atoms with Gasteiger partial charge in [-0.25, -0.2) is 8.42 Å². The molecular formula is C20H29NO5S. The van der Waals surface area contributed by atoms with E-state index in [0.717, 1.165) is 19.3 Å². The Labute approximate surface area is 161 Å². The molecule has 1 aliphatic carbocycles. The third-order valence-corrected chi connectivity index (χ3v) is 6.99. The van der Waals surface area contributed by atoms with Crippen molar-refractivity contribution in [2.24, 2.45) is 5.92 Å². The number of hydrogen-bond donors (Lipinski definition) is 2. The van der Waals surface area contributed by atoms with Crippen LogP contribution in [0.5, 0.6) is 0 Å². The van der Waals surface area contributed by atoms with Gasteiger partial charge >= 0.3 is 5.97 Å². The predicted octanol–water partition coefficient (Wildman–Crippen LogP) is 3.41. The molecule has 1 unspecified atom stereocenters. The molecule has 1 aromatic rings. The van der Waals surface area contributed by atoms with E-state index in [1.807, 2.05) is 0 Å². The van der Waals surface area contributed by atoms with E-state index in [4.69, 9.17) is 5.11 Å². The van der Waals surface area contributed by atoms with Crippen LogP contribution in [0.2, 0.25) is 0 Å². The SMILES string of the molecule is CCS(=O)(=O)c1ccc(C(=O)NC(CCC(=O)O)CC2CCCCC2)cc1. The molecule has 150 valence electrons. The van der Waals surface area contributed by atoms with Gasteiger partial charge in [0, 0.05) is 18.0 Å². The van der Waals surface area contributed by atoms with Crippen molar-refractivity contribution in [1.29, 1.82) is 0 Å². The lowest BCUT2D eigenvalue weighted by molar-refractivity contribution is -0.137. The molecule has 1 saturated carbocycles. The minimum absolute atomic E-state index is 0.0111. The summed E-state index contributed by atoms with van der Waals surface area (Å²) < 4.78 is 23.7. The molecule has 1 atom stereocenters. The second-order valence-corrected chi connectivity index (χ2v) is 9.55. The summed E-state index contributed by atoms with van der Waals surface area (Å²) in [7, 11) is -3.30. The Kier molecular flexibility index (Phi) is 7.83. The van der Waals surface area contributed by atoms with Gasteiger partial charge in [-0.15, -0.1) is 0 Å². The average Bonchev–Trinajstić information content (AvgIpc) is 2.67. The Morgan fingerprint density at radius 2 is 1.78 bits per heavy atom. The first-order valence-corrected chi connectivity index (χ1v) is 11.3. The van der Waals surface area contributed by atoms with Crippen molar-refractivity contribution in [3.63, 3.8) is 0 Å². The highest BCUT2D eigenvalue weighted by atomic mass is 32.2. The van der Waals surface area contributed by atoms with Crippen molar-refractivity contribution in [2.45, 2.75) is 69.2 Å². The first kappa shape index (κ1) is 21.4. The summed E-state index contributed by atoms with van der Waals surface area (Å²) >= 11 is 0. The molecule has 0 aromatic heterocycles. The molecule has 1 aliphatic rings. The van der Waals surface area contributed by atoms with Gasteiger partial charge < -0.3 is 10.4 Å². The van der Waals surface area contributed by atoms with E-state index in [2.05, 4.69) is 5.32 Å². The lowest BCUT2D eigenvalue weighted by atomic mass is 9.84. The topological polar surface area (TPSA) is 101 Å². The molecule has 1 aromatic carbocycles. The number of aliphatic carboxylic acids is 1. The van der Waals surface area contributed by atoms with Crippen molar-refractivity contribution in [3.8, 4) is 0 Å². The quantitative estimate of drug-likeness (QED) is 0.667. The minimum atomic E-state index is -3.30. The number of sulfone groups is 1. The summed E-state index contributed by atoms with van der Waals surface area (Å²) in [4.78, 5) is 23.7. The van der Waals surface area contributed by atoms with Crippen LogP contribution in [0.1, 0.15) is 68.6 Å². The van der Waals surface area contributed by atoms with Crippen LogP contribution >= 0.6 is 0 Å². The van der Waals surface area contributed by atoms with E-state index in [1.165, 1.54) is 43.5 Å². The zero-order valence-corrected chi connectivity index (χ0v) is 16.6. The molecule has 6 nitrogen and oxygen atoms in total. The van der Waals surface area contributed by atoms with Crippen molar-refractivity contribution in [2.75, 3.05) is 5.75 Å². The van der Waals surface area contributed by atoms with Crippen molar-refractivity contribution in [3.05, 3.63) is 29.8 Å². The van der Waals surface area contributed by atoms with E-state index < -0.39 is 15.8 Å². The summed E-state index contributed by atoms with van der Waals surface area (Å²) in [5, 5.41) is 11.9. The molecule has 0 bridgehead atoms. The van der Waals surface area contributed by atoms with Crippen molar-refractivity contribution in [1.82, 2.24) is 5.32 Å². The van der Waals surface area contributed by atoms with E-state index >= 15 is 0 Å². The monoisotopic (exact) mass is 395 g/mol. The molecule has 0 radical (unpaired) electrons. The van der Waals surface area contributed by atoms with Crippen LogP contribution in [0.4, 0.5) is 0 Å². The number of amides is 1. The Hall–Kier alpha value is -1.89. The van der Waals surface area contributed by atoms with Gasteiger partial charge in [0.15, 0.2) is 9.84 Å². The van der Waals surface area contributed by atoms with Gasteiger partial charge in [0.2, 0.25) is 0 Å². The molecule has 1 amide bonds. The van der Waals surface area contributed by atoms with E-state index in [1.54, 1.807) is 6.92 Å². The average molecular weight is 396 g/mol. The largest absolute Gasteiger partial charge is 0.481 e. The Morgan fingerprint density at radius 1 is 1.15 bits per heavy atom. The second-order valence-electron chi connectivity index (χ2n) is 7.27. The number of nitrogens with one attached hydrogen (secondary N) is 1. The molecule has 0 spiro atoms. The number of carbonyl (C=O) groups is 2. The van der Waals surface area contributed by atoms with Crippen LogP contribution in [0.3, 0.4) is 0 Å². The summed E-state index contributed by atoms with van der Waals surface area (Å²) in [6.45, 7) is 1.58. The van der Waals surface area contributed by atoms with Gasteiger partial charge in [-0.2, -0.15) is 0 Å². The number of carbonyl (C=O) groups excluding carboxylic acids is 1. The molecule has 0 heterocycles. The summed E-state index contributed by atoms with van der Waals surface area (Å²) in [6.07, 6.45) is 7.10.